The molecule has 1 aromatic rings. The van der Waals surface area contributed by atoms with Crippen LogP contribution in [0.1, 0.15) is 29.8 Å². The minimum Gasteiger partial charge on any atom is -0.398 e. The van der Waals surface area contributed by atoms with Crippen molar-refractivity contribution in [3.05, 3.63) is 29.3 Å². The average molecular weight is 302 g/mol. The van der Waals surface area contributed by atoms with Crippen molar-refractivity contribution >= 4 is 11.6 Å². The minimum absolute atomic E-state index is 0.0192. The summed E-state index contributed by atoms with van der Waals surface area (Å²) in [4.78, 5) is 13.8. The standard InChI is InChI=1S/C14H17F3N2O2/c1-13(2)8-19(5-6-21-13)12(20)9-3-4-11(18)10(7-9)14(15,16)17/h3-4,7H,5-6,8,18H2,1-2H3. The van der Waals surface area contributed by atoms with Crippen molar-refractivity contribution in [2.45, 2.75) is 25.6 Å². The summed E-state index contributed by atoms with van der Waals surface area (Å²) in [7, 11) is 0. The predicted octanol–water partition coefficient (Wildman–Crippen LogP) is 2.54. The maximum absolute atomic E-state index is 12.8. The highest BCUT2D eigenvalue weighted by Crippen LogP contribution is 2.34. The van der Waals surface area contributed by atoms with Crippen LogP contribution in [0.5, 0.6) is 0 Å². The van der Waals surface area contributed by atoms with E-state index in [1.807, 2.05) is 13.8 Å². The molecule has 21 heavy (non-hydrogen) atoms. The van der Waals surface area contributed by atoms with Crippen molar-refractivity contribution in [1.82, 2.24) is 4.90 Å². The Kier molecular flexibility index (Phi) is 3.88. The van der Waals surface area contributed by atoms with Gasteiger partial charge in [0, 0.05) is 24.3 Å². The van der Waals surface area contributed by atoms with E-state index >= 15 is 0 Å². The molecule has 0 unspecified atom stereocenters. The lowest BCUT2D eigenvalue weighted by atomic mass is 10.0. The number of alkyl halides is 3. The lowest BCUT2D eigenvalue weighted by Gasteiger charge is -2.38. The molecule has 2 N–H and O–H groups in total. The molecule has 116 valence electrons. The summed E-state index contributed by atoms with van der Waals surface area (Å²) < 4.78 is 44.0. The fraction of sp³-hybridized carbons (Fsp3) is 0.500. The first kappa shape index (κ1) is 15.6. The first-order chi connectivity index (χ1) is 9.60. The number of amides is 1. The van der Waals surface area contributed by atoms with E-state index in [0.717, 1.165) is 12.1 Å². The smallest absolute Gasteiger partial charge is 0.398 e. The molecule has 7 heteroatoms. The summed E-state index contributed by atoms with van der Waals surface area (Å²) in [6.45, 7) is 4.71. The van der Waals surface area contributed by atoms with Crippen molar-refractivity contribution in [2.24, 2.45) is 0 Å². The number of rotatable bonds is 1. The first-order valence-electron chi connectivity index (χ1n) is 6.50. The Morgan fingerprint density at radius 2 is 2.05 bits per heavy atom. The molecule has 1 aliphatic rings. The molecule has 0 bridgehead atoms. The largest absolute Gasteiger partial charge is 0.418 e. The molecular weight excluding hydrogens is 285 g/mol. The fourth-order valence-corrected chi connectivity index (χ4v) is 2.31. The Hall–Kier alpha value is -1.76. The molecule has 0 spiro atoms. The quantitative estimate of drug-likeness (QED) is 0.811. The van der Waals surface area contributed by atoms with Gasteiger partial charge in [-0.1, -0.05) is 0 Å². The van der Waals surface area contributed by atoms with Crippen molar-refractivity contribution in [1.29, 1.82) is 0 Å². The van der Waals surface area contributed by atoms with E-state index in [0.29, 0.717) is 19.7 Å². The monoisotopic (exact) mass is 302 g/mol. The van der Waals surface area contributed by atoms with Gasteiger partial charge in [-0.05, 0) is 32.0 Å². The topological polar surface area (TPSA) is 55.6 Å². The number of benzene rings is 1. The number of nitrogens with zero attached hydrogens (tertiary/aromatic N) is 1. The second-order valence-corrected chi connectivity index (χ2v) is 5.63. The molecule has 0 atom stereocenters. The number of morpholine rings is 1. The van der Waals surface area contributed by atoms with E-state index in [4.69, 9.17) is 10.5 Å². The number of carbonyl (C=O) groups is 1. The van der Waals surface area contributed by atoms with E-state index in [1.54, 1.807) is 0 Å². The molecule has 2 rings (SSSR count). The first-order valence-corrected chi connectivity index (χ1v) is 6.50. The molecule has 1 heterocycles. The third kappa shape index (κ3) is 3.47. The summed E-state index contributed by atoms with van der Waals surface area (Å²) in [6, 6.07) is 3.23. The number of nitrogens with two attached hydrogens (primary N) is 1. The van der Waals surface area contributed by atoms with Gasteiger partial charge in [0.25, 0.3) is 5.91 Å². The number of nitrogen functional groups attached to an aromatic ring is 1. The average Bonchev–Trinajstić information content (AvgIpc) is 2.36. The number of ether oxygens (including phenoxy) is 1. The van der Waals surface area contributed by atoms with Crippen LogP contribution >= 0.6 is 0 Å². The predicted molar refractivity (Wildman–Crippen MR) is 71.8 cm³/mol. The van der Waals surface area contributed by atoms with Crippen LogP contribution in [0.4, 0.5) is 18.9 Å². The lowest BCUT2D eigenvalue weighted by molar-refractivity contribution is -0.136. The highest BCUT2D eigenvalue weighted by atomic mass is 19.4. The molecule has 0 saturated carbocycles. The van der Waals surface area contributed by atoms with E-state index < -0.39 is 23.2 Å². The molecule has 1 aromatic carbocycles. The van der Waals surface area contributed by atoms with Crippen LogP contribution in [0.15, 0.2) is 18.2 Å². The minimum atomic E-state index is -4.58. The molecule has 0 radical (unpaired) electrons. The van der Waals surface area contributed by atoms with Gasteiger partial charge < -0.3 is 15.4 Å². The third-order valence-corrected chi connectivity index (χ3v) is 3.32. The number of hydrogen-bond donors (Lipinski definition) is 1. The zero-order valence-electron chi connectivity index (χ0n) is 11.8. The molecule has 0 aliphatic carbocycles. The van der Waals surface area contributed by atoms with Gasteiger partial charge in [0.15, 0.2) is 0 Å². The molecule has 1 saturated heterocycles. The summed E-state index contributed by atoms with van der Waals surface area (Å²) in [6.07, 6.45) is -4.58. The van der Waals surface area contributed by atoms with Gasteiger partial charge in [0.2, 0.25) is 0 Å². The number of anilines is 1. The van der Waals surface area contributed by atoms with Crippen LogP contribution in [0.3, 0.4) is 0 Å². The Morgan fingerprint density at radius 3 is 2.62 bits per heavy atom. The van der Waals surface area contributed by atoms with Gasteiger partial charge in [-0.15, -0.1) is 0 Å². The molecule has 1 amide bonds. The van der Waals surface area contributed by atoms with Crippen LogP contribution in [-0.4, -0.2) is 36.1 Å². The van der Waals surface area contributed by atoms with Gasteiger partial charge in [-0.25, -0.2) is 0 Å². The second kappa shape index (κ2) is 5.22. The van der Waals surface area contributed by atoms with Gasteiger partial charge in [-0.3, -0.25) is 4.79 Å². The highest BCUT2D eigenvalue weighted by molar-refractivity contribution is 5.95. The Morgan fingerprint density at radius 1 is 1.38 bits per heavy atom. The molecule has 0 aromatic heterocycles. The fourth-order valence-electron chi connectivity index (χ4n) is 2.31. The maximum atomic E-state index is 12.8. The molecular formula is C14H17F3N2O2. The van der Waals surface area contributed by atoms with Gasteiger partial charge in [-0.2, -0.15) is 13.2 Å². The number of carbonyl (C=O) groups excluding carboxylic acids is 1. The van der Waals surface area contributed by atoms with E-state index in [-0.39, 0.29) is 11.3 Å². The van der Waals surface area contributed by atoms with Crippen molar-refractivity contribution < 1.29 is 22.7 Å². The zero-order chi connectivity index (χ0) is 15.8. The molecule has 1 fully saturated rings. The van der Waals surface area contributed by atoms with Gasteiger partial charge >= 0.3 is 6.18 Å². The Labute approximate surface area is 120 Å². The molecule has 1 aliphatic heterocycles. The van der Waals surface area contributed by atoms with Gasteiger partial charge in [0.1, 0.15) is 0 Å². The van der Waals surface area contributed by atoms with Crippen LogP contribution in [0.2, 0.25) is 0 Å². The number of halogens is 3. The normalized spacial score (nSPS) is 18.6. The highest BCUT2D eigenvalue weighted by Gasteiger charge is 2.35. The van der Waals surface area contributed by atoms with Crippen molar-refractivity contribution in [3.8, 4) is 0 Å². The van der Waals surface area contributed by atoms with Crippen LogP contribution in [0, 0.1) is 0 Å². The maximum Gasteiger partial charge on any atom is 0.418 e. The van der Waals surface area contributed by atoms with Crippen LogP contribution in [0.25, 0.3) is 0 Å². The number of hydrogen-bond acceptors (Lipinski definition) is 3. The van der Waals surface area contributed by atoms with Crippen LogP contribution < -0.4 is 5.73 Å². The lowest BCUT2D eigenvalue weighted by Crippen LogP contribution is -2.50. The summed E-state index contributed by atoms with van der Waals surface area (Å²) in [5.74, 6) is -0.447. The second-order valence-electron chi connectivity index (χ2n) is 5.63. The van der Waals surface area contributed by atoms with Crippen molar-refractivity contribution in [2.75, 3.05) is 25.4 Å². The Balaban J connectivity index is 2.28. The Bertz CT molecular complexity index is 556. The van der Waals surface area contributed by atoms with Gasteiger partial charge in [0.05, 0.1) is 17.8 Å². The zero-order valence-corrected chi connectivity index (χ0v) is 11.8. The van der Waals surface area contributed by atoms with Crippen molar-refractivity contribution in [3.63, 3.8) is 0 Å². The SMILES string of the molecule is CC1(C)CN(C(=O)c2ccc(N)c(C(F)(F)F)c2)CCO1. The van der Waals surface area contributed by atoms with E-state index in [1.165, 1.54) is 11.0 Å². The summed E-state index contributed by atoms with van der Waals surface area (Å²) in [5, 5.41) is 0. The summed E-state index contributed by atoms with van der Waals surface area (Å²) >= 11 is 0. The summed E-state index contributed by atoms with van der Waals surface area (Å²) in [5.41, 5.74) is 3.43. The third-order valence-electron chi connectivity index (χ3n) is 3.32. The van der Waals surface area contributed by atoms with Crippen LogP contribution in [-0.2, 0) is 10.9 Å². The van der Waals surface area contributed by atoms with E-state index in [9.17, 15) is 18.0 Å². The van der Waals surface area contributed by atoms with E-state index in [2.05, 4.69) is 0 Å². The molecule has 4 nitrogen and oxygen atoms in total.